The summed E-state index contributed by atoms with van der Waals surface area (Å²) in [5.41, 5.74) is 0.609. The van der Waals surface area contributed by atoms with Crippen molar-refractivity contribution < 1.29 is 9.59 Å². The molecule has 0 saturated carbocycles. The Kier molecular flexibility index (Phi) is 2.13. The third kappa shape index (κ3) is 1.44. The first kappa shape index (κ1) is 9.02. The Morgan fingerprint density at radius 1 is 1.21 bits per heavy atom. The van der Waals surface area contributed by atoms with Gasteiger partial charge in [-0.1, -0.05) is 29.8 Å². The van der Waals surface area contributed by atoms with E-state index < -0.39 is 12.1 Å². The Hall–Kier alpha value is -1.55. The first-order valence-electron chi connectivity index (χ1n) is 4.04. The van der Waals surface area contributed by atoms with Crippen molar-refractivity contribution in [2.75, 3.05) is 0 Å². The maximum absolute atomic E-state index is 11.3. The predicted molar refractivity (Wildman–Crippen MR) is 50.9 cm³/mol. The zero-order valence-electron chi connectivity index (χ0n) is 7.08. The van der Waals surface area contributed by atoms with Crippen LogP contribution in [0, 0.1) is 0 Å². The number of amides is 3. The minimum Gasteiger partial charge on any atom is -0.322 e. The van der Waals surface area contributed by atoms with Gasteiger partial charge in [-0.25, -0.2) is 4.79 Å². The molecule has 1 aliphatic heterocycles. The van der Waals surface area contributed by atoms with Gasteiger partial charge in [-0.3, -0.25) is 10.1 Å². The standard InChI is InChI=1S/C9H7ClN2O2/c10-6-4-2-1-3-5(6)7-8(13)12-9(14)11-7/h1-4,7H,(H2,11,12,13,14). The zero-order chi connectivity index (χ0) is 10.1. The summed E-state index contributed by atoms with van der Waals surface area (Å²) in [5.74, 6) is -0.372. The molecule has 14 heavy (non-hydrogen) atoms. The van der Waals surface area contributed by atoms with Crippen LogP contribution in [-0.4, -0.2) is 11.9 Å². The molecular weight excluding hydrogens is 204 g/mol. The summed E-state index contributed by atoms with van der Waals surface area (Å²) in [6.07, 6.45) is 0. The quantitative estimate of drug-likeness (QED) is 0.685. The average Bonchev–Trinajstić information content (AvgIpc) is 2.46. The molecule has 0 aromatic heterocycles. The Balaban J connectivity index is 2.36. The van der Waals surface area contributed by atoms with E-state index in [1.54, 1.807) is 24.3 Å². The monoisotopic (exact) mass is 210 g/mol. The SMILES string of the molecule is O=C1NC(=O)C(c2ccccc2Cl)N1. The van der Waals surface area contributed by atoms with Crippen LogP contribution in [0.3, 0.4) is 0 Å². The first-order valence-corrected chi connectivity index (χ1v) is 4.42. The van der Waals surface area contributed by atoms with Crippen molar-refractivity contribution in [3.05, 3.63) is 34.9 Å². The summed E-state index contributed by atoms with van der Waals surface area (Å²) >= 11 is 5.89. The average molecular weight is 211 g/mol. The molecular formula is C9H7ClN2O2. The molecule has 4 nitrogen and oxygen atoms in total. The van der Waals surface area contributed by atoms with Gasteiger partial charge < -0.3 is 5.32 Å². The second-order valence-electron chi connectivity index (χ2n) is 2.92. The highest BCUT2D eigenvalue weighted by molar-refractivity contribution is 6.31. The fourth-order valence-corrected chi connectivity index (χ4v) is 1.59. The Labute approximate surface area is 85.2 Å². The highest BCUT2D eigenvalue weighted by Crippen LogP contribution is 2.24. The van der Waals surface area contributed by atoms with E-state index in [-0.39, 0.29) is 5.91 Å². The molecule has 1 aromatic rings. The Bertz CT molecular complexity index is 406. The number of carbonyl (C=O) groups excluding carboxylic acids is 2. The number of carbonyl (C=O) groups is 2. The van der Waals surface area contributed by atoms with Crippen molar-refractivity contribution in [1.29, 1.82) is 0 Å². The van der Waals surface area contributed by atoms with E-state index in [2.05, 4.69) is 10.6 Å². The summed E-state index contributed by atoms with van der Waals surface area (Å²) in [7, 11) is 0. The number of halogens is 1. The third-order valence-electron chi connectivity index (χ3n) is 1.99. The van der Waals surface area contributed by atoms with Gasteiger partial charge in [0.2, 0.25) is 0 Å². The highest BCUT2D eigenvalue weighted by Gasteiger charge is 2.31. The van der Waals surface area contributed by atoms with Crippen molar-refractivity contribution in [2.45, 2.75) is 6.04 Å². The van der Waals surface area contributed by atoms with E-state index in [9.17, 15) is 9.59 Å². The number of rotatable bonds is 1. The summed E-state index contributed by atoms with van der Waals surface area (Å²) in [4.78, 5) is 22.1. The molecule has 2 rings (SSSR count). The zero-order valence-corrected chi connectivity index (χ0v) is 7.84. The van der Waals surface area contributed by atoms with E-state index in [4.69, 9.17) is 11.6 Å². The van der Waals surface area contributed by atoms with E-state index in [1.807, 2.05) is 0 Å². The number of imide groups is 1. The maximum Gasteiger partial charge on any atom is 0.322 e. The molecule has 3 amide bonds. The first-order chi connectivity index (χ1) is 6.68. The van der Waals surface area contributed by atoms with Gasteiger partial charge >= 0.3 is 6.03 Å². The number of urea groups is 1. The van der Waals surface area contributed by atoms with Gasteiger partial charge in [-0.15, -0.1) is 0 Å². The van der Waals surface area contributed by atoms with E-state index >= 15 is 0 Å². The predicted octanol–water partition coefficient (Wildman–Crippen LogP) is 1.22. The number of hydrogen-bond acceptors (Lipinski definition) is 2. The maximum atomic E-state index is 11.3. The van der Waals surface area contributed by atoms with E-state index in [0.717, 1.165) is 0 Å². The van der Waals surface area contributed by atoms with Crippen molar-refractivity contribution in [3.8, 4) is 0 Å². The fraction of sp³-hybridized carbons (Fsp3) is 0.111. The molecule has 1 heterocycles. The van der Waals surface area contributed by atoms with Gasteiger partial charge in [0, 0.05) is 10.6 Å². The van der Waals surface area contributed by atoms with Gasteiger partial charge in [0.1, 0.15) is 6.04 Å². The molecule has 0 spiro atoms. The molecule has 2 N–H and O–H groups in total. The van der Waals surface area contributed by atoms with Crippen LogP contribution in [0.15, 0.2) is 24.3 Å². The van der Waals surface area contributed by atoms with Crippen molar-refractivity contribution in [1.82, 2.24) is 10.6 Å². The fourth-order valence-electron chi connectivity index (χ4n) is 1.34. The summed E-state index contributed by atoms with van der Waals surface area (Å²) < 4.78 is 0. The normalized spacial score (nSPS) is 20.5. The van der Waals surface area contributed by atoms with Crippen LogP contribution in [0.4, 0.5) is 4.79 Å². The van der Waals surface area contributed by atoms with Crippen LogP contribution in [0.2, 0.25) is 5.02 Å². The Morgan fingerprint density at radius 2 is 1.93 bits per heavy atom. The number of nitrogens with one attached hydrogen (secondary N) is 2. The molecule has 72 valence electrons. The van der Waals surface area contributed by atoms with E-state index in [1.165, 1.54) is 0 Å². The van der Waals surface area contributed by atoms with Gasteiger partial charge in [-0.05, 0) is 6.07 Å². The largest absolute Gasteiger partial charge is 0.322 e. The second kappa shape index (κ2) is 3.31. The van der Waals surface area contributed by atoms with Crippen LogP contribution in [0.25, 0.3) is 0 Å². The molecule has 0 aliphatic carbocycles. The van der Waals surface area contributed by atoms with E-state index in [0.29, 0.717) is 10.6 Å². The molecule has 1 aromatic carbocycles. The van der Waals surface area contributed by atoms with Crippen LogP contribution in [-0.2, 0) is 4.79 Å². The summed E-state index contributed by atoms with van der Waals surface area (Å²) in [5, 5.41) is 5.09. The van der Waals surface area contributed by atoms with Crippen LogP contribution < -0.4 is 10.6 Å². The smallest absolute Gasteiger partial charge is 0.322 e. The van der Waals surface area contributed by atoms with Gasteiger partial charge in [-0.2, -0.15) is 0 Å². The van der Waals surface area contributed by atoms with Gasteiger partial charge in [0.05, 0.1) is 0 Å². The molecule has 0 radical (unpaired) electrons. The van der Waals surface area contributed by atoms with Gasteiger partial charge in [0.15, 0.2) is 0 Å². The van der Waals surface area contributed by atoms with Crippen LogP contribution in [0.5, 0.6) is 0 Å². The molecule has 5 heteroatoms. The lowest BCUT2D eigenvalue weighted by Crippen LogP contribution is -2.22. The van der Waals surface area contributed by atoms with Crippen LogP contribution >= 0.6 is 11.6 Å². The third-order valence-corrected chi connectivity index (χ3v) is 2.33. The molecule has 0 bridgehead atoms. The molecule has 1 aliphatic rings. The molecule has 1 saturated heterocycles. The number of benzene rings is 1. The lowest BCUT2D eigenvalue weighted by atomic mass is 10.1. The topological polar surface area (TPSA) is 58.2 Å². The lowest BCUT2D eigenvalue weighted by Gasteiger charge is -2.08. The Morgan fingerprint density at radius 3 is 2.50 bits per heavy atom. The van der Waals surface area contributed by atoms with Crippen molar-refractivity contribution >= 4 is 23.5 Å². The summed E-state index contributed by atoms with van der Waals surface area (Å²) in [6.45, 7) is 0. The van der Waals surface area contributed by atoms with Crippen molar-refractivity contribution in [3.63, 3.8) is 0 Å². The van der Waals surface area contributed by atoms with Crippen LogP contribution in [0.1, 0.15) is 11.6 Å². The molecule has 1 fully saturated rings. The highest BCUT2D eigenvalue weighted by atomic mass is 35.5. The molecule has 1 atom stereocenters. The lowest BCUT2D eigenvalue weighted by molar-refractivity contribution is -0.120. The van der Waals surface area contributed by atoms with Gasteiger partial charge in [0.25, 0.3) is 5.91 Å². The minimum absolute atomic E-state index is 0.372. The van der Waals surface area contributed by atoms with Crippen molar-refractivity contribution in [2.24, 2.45) is 0 Å². The molecule has 1 unspecified atom stereocenters. The minimum atomic E-state index is -0.670. The number of hydrogen-bond donors (Lipinski definition) is 2. The summed E-state index contributed by atoms with van der Waals surface area (Å²) in [6, 6.07) is 5.75. The second-order valence-corrected chi connectivity index (χ2v) is 3.32.